The Hall–Kier alpha value is -2.16. The van der Waals surface area contributed by atoms with Crippen molar-refractivity contribution >= 4 is 10.8 Å². The minimum absolute atomic E-state index is 0.117. The van der Waals surface area contributed by atoms with Gasteiger partial charge < -0.3 is 10.4 Å². The van der Waals surface area contributed by atoms with Gasteiger partial charge in [0.15, 0.2) is 0 Å². The van der Waals surface area contributed by atoms with Gasteiger partial charge in [-0.15, -0.1) is 0 Å². The highest BCUT2D eigenvalue weighted by molar-refractivity contribution is 5.87. The smallest absolute Gasteiger partial charge is 0.0587 e. The van der Waals surface area contributed by atoms with Crippen molar-refractivity contribution < 1.29 is 5.11 Å². The van der Waals surface area contributed by atoms with Gasteiger partial charge in [-0.05, 0) is 47.0 Å². The van der Waals surface area contributed by atoms with Crippen molar-refractivity contribution in [3.8, 4) is 11.1 Å². The molecule has 112 valence electrons. The molecule has 0 aliphatic heterocycles. The highest BCUT2D eigenvalue weighted by Crippen LogP contribution is 2.24. The third kappa shape index (κ3) is 3.19. The second-order valence-corrected chi connectivity index (χ2v) is 5.63. The van der Waals surface area contributed by atoms with Gasteiger partial charge in [0.25, 0.3) is 0 Å². The molecule has 2 heteroatoms. The monoisotopic (exact) mass is 291 g/mol. The normalized spacial score (nSPS) is 12.5. The maximum atomic E-state index is 9.26. The highest BCUT2D eigenvalue weighted by atomic mass is 16.3. The molecule has 0 saturated carbocycles. The molecule has 3 aromatic rings. The largest absolute Gasteiger partial charge is 0.395 e. The first-order valence-electron chi connectivity index (χ1n) is 7.66. The number of likely N-dealkylation sites (N-methyl/N-ethyl adjacent to an activating group) is 1. The zero-order chi connectivity index (χ0) is 15.4. The van der Waals surface area contributed by atoms with Crippen LogP contribution in [0.1, 0.15) is 5.56 Å². The van der Waals surface area contributed by atoms with Crippen LogP contribution >= 0.6 is 0 Å². The van der Waals surface area contributed by atoms with Gasteiger partial charge in [-0.1, -0.05) is 60.7 Å². The fourth-order valence-corrected chi connectivity index (χ4v) is 2.74. The molecule has 0 fully saturated rings. The molecule has 0 radical (unpaired) electrons. The van der Waals surface area contributed by atoms with E-state index in [-0.39, 0.29) is 12.6 Å². The summed E-state index contributed by atoms with van der Waals surface area (Å²) in [5, 5.41) is 14.9. The average Bonchev–Trinajstić information content (AvgIpc) is 2.60. The summed E-state index contributed by atoms with van der Waals surface area (Å²) in [7, 11) is 1.88. The van der Waals surface area contributed by atoms with Crippen molar-refractivity contribution in [1.29, 1.82) is 0 Å². The third-order valence-corrected chi connectivity index (χ3v) is 4.15. The molecule has 0 aliphatic rings. The number of fused-ring (bicyclic) bond motifs is 1. The number of hydrogen-bond acceptors (Lipinski definition) is 2. The van der Waals surface area contributed by atoms with E-state index in [9.17, 15) is 5.11 Å². The minimum Gasteiger partial charge on any atom is -0.395 e. The van der Waals surface area contributed by atoms with Gasteiger partial charge in [0.1, 0.15) is 0 Å². The standard InChI is InChI=1S/C20H21NO/c1-21-20(14-22)12-15-6-8-17(9-7-15)19-11-10-16-4-2-3-5-18(16)13-19/h2-11,13,20-22H,12,14H2,1H3/t20-/m1/s1. The summed E-state index contributed by atoms with van der Waals surface area (Å²) in [5.41, 5.74) is 3.69. The molecular formula is C20H21NO. The Labute approximate surface area is 131 Å². The van der Waals surface area contributed by atoms with Crippen LogP contribution < -0.4 is 5.32 Å². The predicted octanol–water partition coefficient (Wildman–Crippen LogP) is 3.63. The van der Waals surface area contributed by atoms with E-state index in [0.29, 0.717) is 0 Å². The summed E-state index contributed by atoms with van der Waals surface area (Å²) >= 11 is 0. The highest BCUT2D eigenvalue weighted by Gasteiger charge is 2.06. The first-order chi connectivity index (χ1) is 10.8. The Morgan fingerprint density at radius 3 is 2.23 bits per heavy atom. The van der Waals surface area contributed by atoms with E-state index < -0.39 is 0 Å². The molecule has 0 aromatic heterocycles. The maximum Gasteiger partial charge on any atom is 0.0587 e. The van der Waals surface area contributed by atoms with E-state index in [4.69, 9.17) is 0 Å². The molecule has 3 rings (SSSR count). The lowest BCUT2D eigenvalue weighted by Crippen LogP contribution is -2.31. The molecule has 22 heavy (non-hydrogen) atoms. The predicted molar refractivity (Wildman–Crippen MR) is 93.0 cm³/mol. The van der Waals surface area contributed by atoms with Gasteiger partial charge >= 0.3 is 0 Å². The fraction of sp³-hybridized carbons (Fsp3) is 0.200. The van der Waals surface area contributed by atoms with Crippen molar-refractivity contribution in [2.45, 2.75) is 12.5 Å². The van der Waals surface area contributed by atoms with Crippen LogP contribution in [-0.2, 0) is 6.42 Å². The molecule has 0 spiro atoms. The molecule has 0 heterocycles. The molecule has 2 nitrogen and oxygen atoms in total. The summed E-state index contributed by atoms with van der Waals surface area (Å²) in [6, 6.07) is 23.7. The van der Waals surface area contributed by atoms with Crippen molar-refractivity contribution in [3.63, 3.8) is 0 Å². The molecular weight excluding hydrogens is 270 g/mol. The van der Waals surface area contributed by atoms with E-state index in [1.807, 2.05) is 7.05 Å². The number of aliphatic hydroxyl groups excluding tert-OH is 1. The quantitative estimate of drug-likeness (QED) is 0.752. The minimum atomic E-state index is 0.117. The van der Waals surface area contributed by atoms with Crippen LogP contribution in [0.3, 0.4) is 0 Å². The van der Waals surface area contributed by atoms with Crippen LogP contribution in [0.2, 0.25) is 0 Å². The van der Waals surface area contributed by atoms with Gasteiger partial charge in [-0.25, -0.2) is 0 Å². The molecule has 3 aromatic carbocycles. The second kappa shape index (κ2) is 6.73. The van der Waals surface area contributed by atoms with E-state index in [1.165, 1.54) is 27.5 Å². The zero-order valence-corrected chi connectivity index (χ0v) is 12.8. The van der Waals surface area contributed by atoms with Crippen LogP contribution in [0.25, 0.3) is 21.9 Å². The lowest BCUT2D eigenvalue weighted by molar-refractivity contribution is 0.248. The first kappa shape index (κ1) is 14.8. The average molecular weight is 291 g/mol. The van der Waals surface area contributed by atoms with Crippen LogP contribution in [0, 0.1) is 0 Å². The molecule has 0 saturated heterocycles. The van der Waals surface area contributed by atoms with E-state index in [2.05, 4.69) is 72.0 Å². The summed E-state index contributed by atoms with van der Waals surface area (Å²) in [4.78, 5) is 0. The topological polar surface area (TPSA) is 32.3 Å². The van der Waals surface area contributed by atoms with Gasteiger partial charge in [0.05, 0.1) is 6.61 Å². The van der Waals surface area contributed by atoms with E-state index >= 15 is 0 Å². The Kier molecular flexibility index (Phi) is 4.52. The second-order valence-electron chi connectivity index (χ2n) is 5.63. The number of aliphatic hydroxyl groups is 1. The Morgan fingerprint density at radius 2 is 1.55 bits per heavy atom. The van der Waals surface area contributed by atoms with Crippen molar-refractivity contribution in [3.05, 3.63) is 72.3 Å². The Morgan fingerprint density at radius 1 is 0.864 bits per heavy atom. The van der Waals surface area contributed by atoms with Gasteiger partial charge in [0, 0.05) is 6.04 Å². The first-order valence-corrected chi connectivity index (χ1v) is 7.66. The van der Waals surface area contributed by atoms with Crippen molar-refractivity contribution in [1.82, 2.24) is 5.32 Å². The SMILES string of the molecule is CN[C@@H](CO)Cc1ccc(-c2ccc3ccccc3c2)cc1. The molecule has 0 amide bonds. The van der Waals surface area contributed by atoms with Gasteiger partial charge in [-0.3, -0.25) is 0 Å². The molecule has 2 N–H and O–H groups in total. The van der Waals surface area contributed by atoms with Gasteiger partial charge in [0.2, 0.25) is 0 Å². The van der Waals surface area contributed by atoms with Crippen molar-refractivity contribution in [2.75, 3.05) is 13.7 Å². The van der Waals surface area contributed by atoms with Crippen LogP contribution in [0.15, 0.2) is 66.7 Å². The number of rotatable bonds is 5. The summed E-state index contributed by atoms with van der Waals surface area (Å²) in [6.45, 7) is 0.156. The third-order valence-electron chi connectivity index (χ3n) is 4.15. The van der Waals surface area contributed by atoms with Crippen molar-refractivity contribution in [2.24, 2.45) is 0 Å². The number of benzene rings is 3. The summed E-state index contributed by atoms with van der Waals surface area (Å²) in [6.07, 6.45) is 0.838. The van der Waals surface area contributed by atoms with Crippen LogP contribution in [-0.4, -0.2) is 24.8 Å². The Balaban J connectivity index is 1.84. The molecule has 1 atom stereocenters. The summed E-state index contributed by atoms with van der Waals surface area (Å²) < 4.78 is 0. The molecule has 0 bridgehead atoms. The van der Waals surface area contributed by atoms with E-state index in [1.54, 1.807) is 0 Å². The molecule has 0 unspecified atom stereocenters. The van der Waals surface area contributed by atoms with Crippen LogP contribution in [0.5, 0.6) is 0 Å². The number of hydrogen-bond donors (Lipinski definition) is 2. The maximum absolute atomic E-state index is 9.26. The molecule has 0 aliphatic carbocycles. The zero-order valence-electron chi connectivity index (χ0n) is 12.8. The Bertz CT molecular complexity index is 745. The fourth-order valence-electron chi connectivity index (χ4n) is 2.74. The lowest BCUT2D eigenvalue weighted by Gasteiger charge is -2.13. The van der Waals surface area contributed by atoms with Crippen LogP contribution in [0.4, 0.5) is 0 Å². The summed E-state index contributed by atoms with van der Waals surface area (Å²) in [5.74, 6) is 0. The van der Waals surface area contributed by atoms with E-state index in [0.717, 1.165) is 6.42 Å². The number of nitrogens with one attached hydrogen (secondary N) is 1. The van der Waals surface area contributed by atoms with Gasteiger partial charge in [-0.2, -0.15) is 0 Å². The lowest BCUT2D eigenvalue weighted by atomic mass is 9.99.